The number of hydrogen-bond donors (Lipinski definition) is 2. The van der Waals surface area contributed by atoms with Gasteiger partial charge in [0.25, 0.3) is 0 Å². The summed E-state index contributed by atoms with van der Waals surface area (Å²) in [5.74, 6) is -1.32. The number of nitrogens with one attached hydrogen (secondary N) is 2. The van der Waals surface area contributed by atoms with Crippen molar-refractivity contribution >= 4 is 17.5 Å². The summed E-state index contributed by atoms with van der Waals surface area (Å²) in [6.07, 6.45) is 0.948. The molecule has 1 aliphatic rings. The van der Waals surface area contributed by atoms with E-state index < -0.39 is 11.8 Å². The van der Waals surface area contributed by atoms with Crippen LogP contribution in [-0.2, 0) is 27.3 Å². The second-order valence-corrected chi connectivity index (χ2v) is 5.72. The summed E-state index contributed by atoms with van der Waals surface area (Å²) < 4.78 is 5.25. The highest BCUT2D eigenvalue weighted by atomic mass is 16.6. The predicted molar refractivity (Wildman–Crippen MR) is 91.4 cm³/mol. The van der Waals surface area contributed by atoms with Gasteiger partial charge in [-0.15, -0.1) is 0 Å². The van der Waals surface area contributed by atoms with Gasteiger partial charge in [0.15, 0.2) is 0 Å². The lowest BCUT2D eigenvalue weighted by Gasteiger charge is -2.10. The van der Waals surface area contributed by atoms with Crippen LogP contribution in [0.25, 0.3) is 0 Å². The van der Waals surface area contributed by atoms with E-state index in [9.17, 15) is 9.59 Å². The number of carbonyl (C=O) groups is 2. The molecule has 1 heterocycles. The zero-order valence-electron chi connectivity index (χ0n) is 13.5. The number of benzene rings is 2. The first-order chi connectivity index (χ1) is 11.7. The Hall–Kier alpha value is -2.66. The van der Waals surface area contributed by atoms with Crippen LogP contribution in [0.5, 0.6) is 0 Å². The summed E-state index contributed by atoms with van der Waals surface area (Å²) in [7, 11) is 0. The first kappa shape index (κ1) is 16.2. The molecule has 1 fully saturated rings. The molecule has 1 unspecified atom stereocenters. The highest BCUT2D eigenvalue weighted by Crippen LogP contribution is 2.34. The number of epoxide rings is 1. The topological polar surface area (TPSA) is 70.7 Å². The van der Waals surface area contributed by atoms with Gasteiger partial charge in [0, 0.05) is 17.8 Å². The van der Waals surface area contributed by atoms with Crippen molar-refractivity contribution in [1.29, 1.82) is 0 Å². The van der Waals surface area contributed by atoms with Crippen LogP contribution in [-0.4, -0.2) is 18.4 Å². The number of ether oxygens (including phenoxy) is 1. The molecular weight excluding hydrogens is 304 g/mol. The average molecular weight is 324 g/mol. The Kier molecular flexibility index (Phi) is 4.91. The Balaban J connectivity index is 1.58. The van der Waals surface area contributed by atoms with Crippen LogP contribution in [0.4, 0.5) is 5.69 Å². The standard InChI is InChI=1S/C19H20N2O3/c1-2-13-6-5-7-14(10-13)11-20-18(22)19(23)21-16-9-4-3-8-15(16)17-12-24-17/h3-10,17H,2,11-12H2,1H3,(H,20,22)(H,21,23). The molecule has 0 saturated carbocycles. The predicted octanol–water partition coefficient (Wildman–Crippen LogP) is 2.58. The van der Waals surface area contributed by atoms with E-state index in [1.54, 1.807) is 6.07 Å². The van der Waals surface area contributed by atoms with E-state index >= 15 is 0 Å². The quantitative estimate of drug-likeness (QED) is 0.656. The number of para-hydroxylation sites is 1. The maximum atomic E-state index is 12.1. The zero-order valence-corrected chi connectivity index (χ0v) is 13.5. The maximum Gasteiger partial charge on any atom is 0.313 e. The van der Waals surface area contributed by atoms with E-state index in [1.165, 1.54) is 5.56 Å². The van der Waals surface area contributed by atoms with E-state index in [0.29, 0.717) is 18.8 Å². The third-order valence-corrected chi connectivity index (χ3v) is 3.95. The summed E-state index contributed by atoms with van der Waals surface area (Å²) in [5.41, 5.74) is 3.69. The average Bonchev–Trinajstić information content (AvgIpc) is 3.45. The fourth-order valence-electron chi connectivity index (χ4n) is 2.52. The van der Waals surface area contributed by atoms with Gasteiger partial charge in [-0.25, -0.2) is 0 Å². The normalized spacial score (nSPS) is 15.6. The minimum absolute atomic E-state index is 0.0151. The van der Waals surface area contributed by atoms with Crippen LogP contribution >= 0.6 is 0 Å². The molecule has 1 aliphatic heterocycles. The lowest BCUT2D eigenvalue weighted by Crippen LogP contribution is -2.35. The van der Waals surface area contributed by atoms with Crippen molar-refractivity contribution in [2.75, 3.05) is 11.9 Å². The number of hydrogen-bond acceptors (Lipinski definition) is 3. The van der Waals surface area contributed by atoms with Gasteiger partial charge in [0.1, 0.15) is 6.10 Å². The third kappa shape index (κ3) is 4.00. The van der Waals surface area contributed by atoms with Gasteiger partial charge in [-0.05, 0) is 23.6 Å². The number of anilines is 1. The van der Waals surface area contributed by atoms with Crippen LogP contribution in [0, 0.1) is 0 Å². The molecular formula is C19H20N2O3. The Morgan fingerprint density at radius 2 is 1.83 bits per heavy atom. The summed E-state index contributed by atoms with van der Waals surface area (Å²) in [5, 5.41) is 5.31. The first-order valence-corrected chi connectivity index (χ1v) is 8.05. The van der Waals surface area contributed by atoms with Crippen LogP contribution in [0.3, 0.4) is 0 Å². The molecule has 5 nitrogen and oxygen atoms in total. The van der Waals surface area contributed by atoms with Gasteiger partial charge in [-0.2, -0.15) is 0 Å². The molecule has 2 aromatic carbocycles. The summed E-state index contributed by atoms with van der Waals surface area (Å²) in [6, 6.07) is 15.3. The van der Waals surface area contributed by atoms with Crippen molar-refractivity contribution in [2.45, 2.75) is 26.0 Å². The molecule has 0 aromatic heterocycles. The second kappa shape index (κ2) is 7.27. The van der Waals surface area contributed by atoms with Crippen molar-refractivity contribution < 1.29 is 14.3 Å². The molecule has 0 radical (unpaired) electrons. The fraction of sp³-hybridized carbons (Fsp3) is 0.263. The van der Waals surface area contributed by atoms with Crippen molar-refractivity contribution in [3.63, 3.8) is 0 Å². The molecule has 24 heavy (non-hydrogen) atoms. The van der Waals surface area contributed by atoms with E-state index in [4.69, 9.17) is 4.74 Å². The van der Waals surface area contributed by atoms with E-state index in [0.717, 1.165) is 17.5 Å². The highest BCUT2D eigenvalue weighted by molar-refractivity contribution is 6.39. The Morgan fingerprint density at radius 3 is 2.58 bits per heavy atom. The van der Waals surface area contributed by atoms with E-state index in [2.05, 4.69) is 17.6 Å². The molecule has 5 heteroatoms. The third-order valence-electron chi connectivity index (χ3n) is 3.95. The monoisotopic (exact) mass is 324 g/mol. The van der Waals surface area contributed by atoms with Crippen LogP contribution in [0.2, 0.25) is 0 Å². The lowest BCUT2D eigenvalue weighted by atomic mass is 10.1. The number of aryl methyl sites for hydroxylation is 1. The molecule has 3 rings (SSSR count). The number of carbonyl (C=O) groups excluding carboxylic acids is 2. The summed E-state index contributed by atoms with van der Waals surface area (Å²) in [6.45, 7) is 3.05. The van der Waals surface area contributed by atoms with Gasteiger partial charge in [-0.1, -0.05) is 49.4 Å². The van der Waals surface area contributed by atoms with Crippen molar-refractivity contribution in [2.24, 2.45) is 0 Å². The van der Waals surface area contributed by atoms with Crippen LogP contribution in [0.1, 0.15) is 29.7 Å². The van der Waals surface area contributed by atoms with E-state index in [1.807, 2.05) is 42.5 Å². The molecule has 0 bridgehead atoms. The van der Waals surface area contributed by atoms with Gasteiger partial charge >= 0.3 is 11.8 Å². The largest absolute Gasteiger partial charge is 0.368 e. The Morgan fingerprint density at radius 1 is 1.08 bits per heavy atom. The number of rotatable bonds is 5. The first-order valence-electron chi connectivity index (χ1n) is 8.05. The molecule has 124 valence electrons. The van der Waals surface area contributed by atoms with E-state index in [-0.39, 0.29) is 6.10 Å². The van der Waals surface area contributed by atoms with Crippen molar-refractivity contribution in [3.05, 3.63) is 65.2 Å². The summed E-state index contributed by atoms with van der Waals surface area (Å²) >= 11 is 0. The summed E-state index contributed by atoms with van der Waals surface area (Å²) in [4.78, 5) is 24.1. The van der Waals surface area contributed by atoms with Gasteiger partial charge in [0.2, 0.25) is 0 Å². The van der Waals surface area contributed by atoms with Crippen LogP contribution in [0.15, 0.2) is 48.5 Å². The van der Waals surface area contributed by atoms with Crippen molar-refractivity contribution in [3.8, 4) is 0 Å². The maximum absolute atomic E-state index is 12.1. The van der Waals surface area contributed by atoms with Gasteiger partial charge < -0.3 is 15.4 Å². The smallest absolute Gasteiger partial charge is 0.313 e. The zero-order chi connectivity index (χ0) is 16.9. The molecule has 0 aliphatic carbocycles. The minimum Gasteiger partial charge on any atom is -0.368 e. The molecule has 1 atom stereocenters. The fourth-order valence-corrected chi connectivity index (χ4v) is 2.52. The van der Waals surface area contributed by atoms with Gasteiger partial charge in [-0.3, -0.25) is 9.59 Å². The Labute approximate surface area is 141 Å². The SMILES string of the molecule is CCc1cccc(CNC(=O)C(=O)Nc2ccccc2C2CO2)c1. The highest BCUT2D eigenvalue weighted by Gasteiger charge is 2.28. The minimum atomic E-state index is -0.672. The number of amides is 2. The second-order valence-electron chi connectivity index (χ2n) is 5.72. The van der Waals surface area contributed by atoms with Crippen LogP contribution < -0.4 is 10.6 Å². The molecule has 2 aromatic rings. The molecule has 0 spiro atoms. The molecule has 2 amide bonds. The lowest BCUT2D eigenvalue weighted by molar-refractivity contribution is -0.136. The van der Waals surface area contributed by atoms with Gasteiger partial charge in [0.05, 0.1) is 6.61 Å². The Bertz CT molecular complexity index is 754. The molecule has 2 N–H and O–H groups in total. The molecule has 1 saturated heterocycles. The van der Waals surface area contributed by atoms with Crippen molar-refractivity contribution in [1.82, 2.24) is 5.32 Å².